The van der Waals surface area contributed by atoms with Crippen LogP contribution in [0.4, 0.5) is 5.69 Å². The van der Waals surface area contributed by atoms with Gasteiger partial charge in [0.2, 0.25) is 17.5 Å². The van der Waals surface area contributed by atoms with Gasteiger partial charge in [-0.2, -0.15) is 4.98 Å². The van der Waals surface area contributed by atoms with Crippen LogP contribution in [0.25, 0.3) is 11.6 Å². The molecule has 1 aliphatic heterocycles. The van der Waals surface area contributed by atoms with Crippen LogP contribution < -0.4 is 5.32 Å². The third-order valence-electron chi connectivity index (χ3n) is 3.34. The zero-order chi connectivity index (χ0) is 13.4. The predicted octanol–water partition coefficient (Wildman–Crippen LogP) is 2.08. The molecule has 0 spiro atoms. The number of hydrogen-bond acceptors (Lipinski definition) is 6. The van der Waals surface area contributed by atoms with Crippen molar-refractivity contribution in [3.05, 3.63) is 54.2 Å². The number of benzene rings is 1. The Morgan fingerprint density at radius 1 is 1.05 bits per heavy atom. The summed E-state index contributed by atoms with van der Waals surface area (Å²) in [5, 5.41) is 7.30. The van der Waals surface area contributed by atoms with E-state index in [1.54, 1.807) is 18.5 Å². The average Bonchev–Trinajstić information content (AvgIpc) is 3.14. The van der Waals surface area contributed by atoms with E-state index in [1.807, 2.05) is 18.2 Å². The summed E-state index contributed by atoms with van der Waals surface area (Å²) in [5.74, 6) is 1.56. The summed E-state index contributed by atoms with van der Waals surface area (Å²) in [4.78, 5) is 12.7. The highest BCUT2D eigenvalue weighted by atomic mass is 16.5. The van der Waals surface area contributed by atoms with Crippen LogP contribution in [-0.2, 0) is 0 Å². The Morgan fingerprint density at radius 2 is 1.90 bits per heavy atom. The van der Waals surface area contributed by atoms with Crippen molar-refractivity contribution >= 4 is 5.69 Å². The lowest BCUT2D eigenvalue weighted by Crippen LogP contribution is -2.04. The Kier molecular flexibility index (Phi) is 2.45. The molecule has 1 atom stereocenters. The molecule has 6 heteroatoms. The maximum atomic E-state index is 5.38. The highest BCUT2D eigenvalue weighted by Crippen LogP contribution is 2.35. The minimum absolute atomic E-state index is 0.0798. The van der Waals surface area contributed by atoms with Crippen molar-refractivity contribution < 1.29 is 4.52 Å². The fourth-order valence-corrected chi connectivity index (χ4v) is 2.39. The summed E-state index contributed by atoms with van der Waals surface area (Å²) in [6.45, 7) is 0.761. The van der Waals surface area contributed by atoms with Gasteiger partial charge in [-0.15, -0.1) is 0 Å². The van der Waals surface area contributed by atoms with Crippen LogP contribution in [0.5, 0.6) is 0 Å². The highest BCUT2D eigenvalue weighted by Gasteiger charge is 2.28. The Balaban J connectivity index is 1.70. The Bertz CT molecular complexity index is 740. The molecule has 0 fully saturated rings. The molecule has 0 aliphatic carbocycles. The summed E-state index contributed by atoms with van der Waals surface area (Å²) in [5.41, 5.74) is 2.30. The number of nitrogens with one attached hydrogen (secondary N) is 1. The molecular formula is C14H11N5O. The van der Waals surface area contributed by atoms with Gasteiger partial charge in [0.15, 0.2) is 0 Å². The van der Waals surface area contributed by atoms with E-state index >= 15 is 0 Å². The number of anilines is 1. The first kappa shape index (κ1) is 11.1. The van der Waals surface area contributed by atoms with Gasteiger partial charge in [-0.05, 0) is 17.7 Å². The second-order valence-corrected chi connectivity index (χ2v) is 4.55. The molecule has 2 aromatic heterocycles. The minimum atomic E-state index is 0.0798. The van der Waals surface area contributed by atoms with Crippen molar-refractivity contribution in [3.63, 3.8) is 0 Å². The van der Waals surface area contributed by atoms with Crippen molar-refractivity contribution in [2.24, 2.45) is 0 Å². The summed E-state index contributed by atoms with van der Waals surface area (Å²) in [6, 6.07) is 9.89. The lowest BCUT2D eigenvalue weighted by Gasteiger charge is -2.02. The molecule has 4 rings (SSSR count). The monoisotopic (exact) mass is 265 g/mol. The first-order valence-electron chi connectivity index (χ1n) is 6.35. The quantitative estimate of drug-likeness (QED) is 0.764. The van der Waals surface area contributed by atoms with Gasteiger partial charge in [0.05, 0.1) is 5.92 Å². The number of fused-ring (bicyclic) bond motifs is 1. The van der Waals surface area contributed by atoms with E-state index in [2.05, 4.69) is 31.5 Å². The molecule has 6 nitrogen and oxygen atoms in total. The molecule has 1 aliphatic rings. The summed E-state index contributed by atoms with van der Waals surface area (Å²) >= 11 is 0. The van der Waals surface area contributed by atoms with Crippen molar-refractivity contribution in [1.82, 2.24) is 20.1 Å². The van der Waals surface area contributed by atoms with Crippen LogP contribution >= 0.6 is 0 Å². The summed E-state index contributed by atoms with van der Waals surface area (Å²) in [6.07, 6.45) is 3.32. The highest BCUT2D eigenvalue weighted by molar-refractivity contribution is 5.59. The lowest BCUT2D eigenvalue weighted by molar-refractivity contribution is 0.370. The predicted molar refractivity (Wildman–Crippen MR) is 72.1 cm³/mol. The average molecular weight is 265 g/mol. The molecule has 0 radical (unpaired) electrons. The fraction of sp³-hybridized carbons (Fsp3) is 0.143. The maximum Gasteiger partial charge on any atom is 0.240 e. The number of nitrogens with zero attached hydrogens (tertiary/aromatic N) is 4. The Hall–Kier alpha value is -2.76. The molecule has 1 unspecified atom stereocenters. The normalized spacial score (nSPS) is 16.7. The van der Waals surface area contributed by atoms with Crippen molar-refractivity contribution in [3.8, 4) is 11.6 Å². The molecule has 20 heavy (non-hydrogen) atoms. The molecular weight excluding hydrogens is 254 g/mol. The molecule has 0 saturated heterocycles. The van der Waals surface area contributed by atoms with E-state index in [9.17, 15) is 0 Å². The molecule has 0 amide bonds. The van der Waals surface area contributed by atoms with E-state index in [-0.39, 0.29) is 5.92 Å². The van der Waals surface area contributed by atoms with Gasteiger partial charge < -0.3 is 9.84 Å². The molecule has 1 N–H and O–H groups in total. The van der Waals surface area contributed by atoms with Gasteiger partial charge in [-0.25, -0.2) is 9.97 Å². The van der Waals surface area contributed by atoms with Crippen LogP contribution in [0, 0.1) is 0 Å². The summed E-state index contributed by atoms with van der Waals surface area (Å²) in [7, 11) is 0. The van der Waals surface area contributed by atoms with Crippen LogP contribution in [0.3, 0.4) is 0 Å². The molecule has 98 valence electrons. The zero-order valence-electron chi connectivity index (χ0n) is 10.5. The van der Waals surface area contributed by atoms with E-state index in [4.69, 9.17) is 4.52 Å². The first-order valence-corrected chi connectivity index (χ1v) is 6.35. The van der Waals surface area contributed by atoms with Gasteiger partial charge in [-0.1, -0.05) is 23.4 Å². The van der Waals surface area contributed by atoms with Crippen LogP contribution in [0.1, 0.15) is 17.4 Å². The topological polar surface area (TPSA) is 76.7 Å². The van der Waals surface area contributed by atoms with Crippen molar-refractivity contribution in [2.45, 2.75) is 5.92 Å². The van der Waals surface area contributed by atoms with Crippen molar-refractivity contribution in [1.29, 1.82) is 0 Å². The standard InChI is InChI=1S/C14H11N5O/c1-2-5-11-9(4-1)10(8-17-11)14-18-13(19-20-14)12-15-6-3-7-16-12/h1-7,10,17H,8H2. The van der Waals surface area contributed by atoms with Gasteiger partial charge in [-0.3, -0.25) is 0 Å². The van der Waals surface area contributed by atoms with Gasteiger partial charge in [0.25, 0.3) is 0 Å². The van der Waals surface area contributed by atoms with Gasteiger partial charge in [0, 0.05) is 24.6 Å². The van der Waals surface area contributed by atoms with Crippen LogP contribution in [0.15, 0.2) is 47.2 Å². The molecule has 0 bridgehead atoms. The number of aromatic nitrogens is 4. The third-order valence-corrected chi connectivity index (χ3v) is 3.34. The second-order valence-electron chi connectivity index (χ2n) is 4.55. The maximum absolute atomic E-state index is 5.38. The van der Waals surface area contributed by atoms with Gasteiger partial charge in [0.1, 0.15) is 0 Å². The molecule has 1 aromatic carbocycles. The second kappa shape index (κ2) is 4.41. The third kappa shape index (κ3) is 1.73. The minimum Gasteiger partial charge on any atom is -0.384 e. The number of hydrogen-bond donors (Lipinski definition) is 1. The summed E-state index contributed by atoms with van der Waals surface area (Å²) < 4.78 is 5.38. The first-order chi connectivity index (χ1) is 9.92. The Morgan fingerprint density at radius 3 is 2.80 bits per heavy atom. The molecule has 0 saturated carbocycles. The lowest BCUT2D eigenvalue weighted by atomic mass is 10.0. The van der Waals surface area contributed by atoms with E-state index < -0.39 is 0 Å². The van der Waals surface area contributed by atoms with Crippen LogP contribution in [-0.4, -0.2) is 26.7 Å². The SMILES string of the molecule is c1cnc(-c2noc(C3CNc4ccccc43)n2)nc1. The zero-order valence-corrected chi connectivity index (χ0v) is 10.5. The van der Waals surface area contributed by atoms with Crippen molar-refractivity contribution in [2.75, 3.05) is 11.9 Å². The van der Waals surface area contributed by atoms with E-state index in [0.717, 1.165) is 12.2 Å². The largest absolute Gasteiger partial charge is 0.384 e. The fourth-order valence-electron chi connectivity index (χ4n) is 2.39. The molecule has 3 aromatic rings. The van der Waals surface area contributed by atoms with Gasteiger partial charge >= 0.3 is 0 Å². The Labute approximate surface area is 114 Å². The molecule has 3 heterocycles. The number of rotatable bonds is 2. The van der Waals surface area contributed by atoms with E-state index in [0.29, 0.717) is 17.5 Å². The van der Waals surface area contributed by atoms with Crippen LogP contribution in [0.2, 0.25) is 0 Å². The van der Waals surface area contributed by atoms with E-state index in [1.165, 1.54) is 5.56 Å². The number of para-hydroxylation sites is 1. The smallest absolute Gasteiger partial charge is 0.240 e.